The summed E-state index contributed by atoms with van der Waals surface area (Å²) in [6, 6.07) is 12.9. The van der Waals surface area contributed by atoms with Gasteiger partial charge in [-0.1, -0.05) is 24.3 Å². The maximum absolute atomic E-state index is 12.8. The highest BCUT2D eigenvalue weighted by atomic mass is 19.1. The number of hydrogen-bond donors (Lipinski definition) is 1. The van der Waals surface area contributed by atoms with Crippen LogP contribution < -0.4 is 4.74 Å². The van der Waals surface area contributed by atoms with Gasteiger partial charge in [0.25, 0.3) is 0 Å². The van der Waals surface area contributed by atoms with Crippen LogP contribution in [0.2, 0.25) is 0 Å². The van der Waals surface area contributed by atoms with E-state index in [9.17, 15) is 14.3 Å². The van der Waals surface area contributed by atoms with Gasteiger partial charge in [-0.05, 0) is 35.4 Å². The first-order chi connectivity index (χ1) is 10.1. The summed E-state index contributed by atoms with van der Waals surface area (Å²) in [5.74, 6) is 0.125. The summed E-state index contributed by atoms with van der Waals surface area (Å²) in [5.41, 5.74) is 1.55. The molecule has 0 radical (unpaired) electrons. The summed E-state index contributed by atoms with van der Waals surface area (Å²) >= 11 is 0. The van der Waals surface area contributed by atoms with Crippen molar-refractivity contribution < 1.29 is 19.0 Å². The molecule has 0 heterocycles. The van der Waals surface area contributed by atoms with Gasteiger partial charge in [0.05, 0.1) is 7.11 Å². The Labute approximate surface area is 123 Å². The lowest BCUT2D eigenvalue weighted by Crippen LogP contribution is -2.24. The molecule has 1 unspecified atom stereocenters. The monoisotopic (exact) mass is 288 g/mol. The Bertz CT molecular complexity index is 590. The predicted molar refractivity (Wildman–Crippen MR) is 77.8 cm³/mol. The van der Waals surface area contributed by atoms with Crippen molar-refractivity contribution >= 4 is 5.78 Å². The molecular weight excluding hydrogens is 271 g/mol. The van der Waals surface area contributed by atoms with E-state index in [1.54, 1.807) is 43.5 Å². The number of carbonyl (C=O) groups excluding carboxylic acids is 1. The fraction of sp³-hybridized carbons (Fsp3) is 0.235. The van der Waals surface area contributed by atoms with Crippen molar-refractivity contribution in [3.05, 3.63) is 65.5 Å². The minimum absolute atomic E-state index is 0.159. The van der Waals surface area contributed by atoms with Crippen LogP contribution >= 0.6 is 0 Å². The predicted octanol–water partition coefficient (Wildman–Crippen LogP) is 2.55. The van der Waals surface area contributed by atoms with Gasteiger partial charge in [0.1, 0.15) is 17.7 Å². The standard InChI is InChI=1S/C17H17FO3/c1-21-15-8-4-13(5-9-15)11-17(20)16(19)10-12-2-6-14(18)7-3-12/h2-9,16,19H,10-11H2,1H3. The fourth-order valence-corrected chi connectivity index (χ4v) is 2.02. The minimum atomic E-state index is -1.09. The normalized spacial score (nSPS) is 12.0. The molecule has 4 heteroatoms. The van der Waals surface area contributed by atoms with E-state index >= 15 is 0 Å². The van der Waals surface area contributed by atoms with Crippen LogP contribution in [0.3, 0.4) is 0 Å². The van der Waals surface area contributed by atoms with Crippen molar-refractivity contribution in [1.82, 2.24) is 0 Å². The number of ether oxygens (including phenoxy) is 1. The SMILES string of the molecule is COc1ccc(CC(=O)C(O)Cc2ccc(F)cc2)cc1. The van der Waals surface area contributed by atoms with E-state index in [1.807, 2.05) is 0 Å². The molecule has 0 bridgehead atoms. The smallest absolute Gasteiger partial charge is 0.165 e. The third-order valence-corrected chi connectivity index (χ3v) is 3.25. The molecule has 2 aromatic carbocycles. The topological polar surface area (TPSA) is 46.5 Å². The van der Waals surface area contributed by atoms with Gasteiger partial charge in [0.15, 0.2) is 5.78 Å². The van der Waals surface area contributed by atoms with E-state index in [0.717, 1.165) is 16.9 Å². The molecule has 0 aliphatic heterocycles. The van der Waals surface area contributed by atoms with Crippen LogP contribution in [-0.2, 0) is 17.6 Å². The summed E-state index contributed by atoms with van der Waals surface area (Å²) in [6.07, 6.45) is -0.737. The van der Waals surface area contributed by atoms with Gasteiger partial charge < -0.3 is 9.84 Å². The van der Waals surface area contributed by atoms with E-state index in [4.69, 9.17) is 4.74 Å². The number of Topliss-reactive ketones (excluding diaryl/α,β-unsaturated/α-hetero) is 1. The average Bonchev–Trinajstić information content (AvgIpc) is 2.50. The Morgan fingerprint density at radius 3 is 2.24 bits per heavy atom. The second kappa shape index (κ2) is 6.99. The second-order valence-electron chi connectivity index (χ2n) is 4.84. The van der Waals surface area contributed by atoms with Crippen molar-refractivity contribution in [3.8, 4) is 5.75 Å². The molecule has 0 saturated heterocycles. The molecule has 1 N–H and O–H groups in total. The van der Waals surface area contributed by atoms with Crippen LogP contribution in [0.15, 0.2) is 48.5 Å². The summed E-state index contributed by atoms with van der Waals surface area (Å²) in [4.78, 5) is 12.0. The number of aliphatic hydroxyl groups excluding tert-OH is 1. The number of carbonyl (C=O) groups is 1. The van der Waals surface area contributed by atoms with E-state index in [-0.39, 0.29) is 24.4 Å². The van der Waals surface area contributed by atoms with Crippen LogP contribution in [0.1, 0.15) is 11.1 Å². The zero-order valence-corrected chi connectivity index (χ0v) is 11.8. The molecule has 2 rings (SSSR count). The number of aliphatic hydroxyl groups is 1. The Hall–Kier alpha value is -2.20. The molecular formula is C17H17FO3. The highest BCUT2D eigenvalue weighted by Gasteiger charge is 2.16. The third-order valence-electron chi connectivity index (χ3n) is 3.25. The average molecular weight is 288 g/mol. The number of methoxy groups -OCH3 is 1. The van der Waals surface area contributed by atoms with E-state index in [2.05, 4.69) is 0 Å². The van der Waals surface area contributed by atoms with E-state index in [1.165, 1.54) is 12.1 Å². The molecule has 0 aliphatic rings. The molecule has 21 heavy (non-hydrogen) atoms. The molecule has 0 fully saturated rings. The Balaban J connectivity index is 1.93. The van der Waals surface area contributed by atoms with Gasteiger partial charge in [-0.25, -0.2) is 4.39 Å². The van der Waals surface area contributed by atoms with Crippen LogP contribution in [-0.4, -0.2) is 24.1 Å². The molecule has 3 nitrogen and oxygen atoms in total. The summed E-state index contributed by atoms with van der Waals surface area (Å²) in [5, 5.41) is 9.93. The first kappa shape index (κ1) is 15.2. The molecule has 0 saturated carbocycles. The van der Waals surface area contributed by atoms with Gasteiger partial charge in [0, 0.05) is 12.8 Å². The number of halogens is 1. The van der Waals surface area contributed by atoms with Gasteiger partial charge in [-0.2, -0.15) is 0 Å². The lowest BCUT2D eigenvalue weighted by atomic mass is 10.00. The Morgan fingerprint density at radius 1 is 1.10 bits per heavy atom. The van der Waals surface area contributed by atoms with Gasteiger partial charge in [-0.3, -0.25) is 4.79 Å². The van der Waals surface area contributed by atoms with E-state index < -0.39 is 6.10 Å². The van der Waals surface area contributed by atoms with Crippen molar-refractivity contribution in [2.45, 2.75) is 18.9 Å². The van der Waals surface area contributed by atoms with Crippen molar-refractivity contribution in [2.24, 2.45) is 0 Å². The van der Waals surface area contributed by atoms with E-state index in [0.29, 0.717) is 0 Å². The quantitative estimate of drug-likeness (QED) is 0.888. The maximum Gasteiger partial charge on any atom is 0.165 e. The number of benzene rings is 2. The lowest BCUT2D eigenvalue weighted by molar-refractivity contribution is -0.126. The van der Waals surface area contributed by atoms with Crippen LogP contribution in [0.5, 0.6) is 5.75 Å². The summed E-state index contributed by atoms with van der Waals surface area (Å²) < 4.78 is 17.8. The molecule has 0 aliphatic carbocycles. The van der Waals surface area contributed by atoms with Crippen molar-refractivity contribution in [3.63, 3.8) is 0 Å². The highest BCUT2D eigenvalue weighted by Crippen LogP contribution is 2.13. The second-order valence-corrected chi connectivity index (χ2v) is 4.84. The zero-order chi connectivity index (χ0) is 15.2. The van der Waals surface area contributed by atoms with Crippen molar-refractivity contribution in [1.29, 1.82) is 0 Å². The molecule has 2 aromatic rings. The van der Waals surface area contributed by atoms with Crippen LogP contribution in [0, 0.1) is 5.82 Å². The third kappa shape index (κ3) is 4.39. The Kier molecular flexibility index (Phi) is 5.06. The largest absolute Gasteiger partial charge is 0.497 e. The first-order valence-electron chi connectivity index (χ1n) is 6.66. The fourth-order valence-electron chi connectivity index (χ4n) is 2.02. The molecule has 0 amide bonds. The Morgan fingerprint density at radius 2 is 1.67 bits per heavy atom. The van der Waals surface area contributed by atoms with Crippen LogP contribution in [0.4, 0.5) is 4.39 Å². The van der Waals surface area contributed by atoms with Crippen LogP contribution in [0.25, 0.3) is 0 Å². The number of ketones is 1. The highest BCUT2D eigenvalue weighted by molar-refractivity contribution is 5.85. The number of hydrogen-bond acceptors (Lipinski definition) is 3. The maximum atomic E-state index is 12.8. The molecule has 0 aromatic heterocycles. The molecule has 110 valence electrons. The van der Waals surface area contributed by atoms with Crippen molar-refractivity contribution in [2.75, 3.05) is 7.11 Å². The molecule has 1 atom stereocenters. The first-order valence-corrected chi connectivity index (χ1v) is 6.66. The lowest BCUT2D eigenvalue weighted by Gasteiger charge is -2.10. The number of rotatable bonds is 6. The zero-order valence-electron chi connectivity index (χ0n) is 11.8. The van der Waals surface area contributed by atoms with Gasteiger partial charge >= 0.3 is 0 Å². The minimum Gasteiger partial charge on any atom is -0.497 e. The molecule has 0 spiro atoms. The van der Waals surface area contributed by atoms with Gasteiger partial charge in [0.2, 0.25) is 0 Å². The summed E-state index contributed by atoms with van der Waals surface area (Å²) in [6.45, 7) is 0. The summed E-state index contributed by atoms with van der Waals surface area (Å²) in [7, 11) is 1.58. The van der Waals surface area contributed by atoms with Gasteiger partial charge in [-0.15, -0.1) is 0 Å².